The smallest absolute Gasteiger partial charge is 0.291 e. The molecule has 4 nitrogen and oxygen atoms in total. The van der Waals surface area contributed by atoms with E-state index < -0.39 is 0 Å². The zero-order chi connectivity index (χ0) is 16.4. The van der Waals surface area contributed by atoms with E-state index in [1.54, 1.807) is 30.3 Å². The molecule has 1 aromatic heterocycles. The second-order valence-electron chi connectivity index (χ2n) is 4.84. The van der Waals surface area contributed by atoms with Gasteiger partial charge in [0.1, 0.15) is 5.76 Å². The summed E-state index contributed by atoms with van der Waals surface area (Å²) in [6.07, 6.45) is 0. The lowest BCUT2D eigenvalue weighted by Crippen LogP contribution is -2.11. The summed E-state index contributed by atoms with van der Waals surface area (Å²) in [5.41, 5.74) is 7.82. The minimum Gasteiger partial charge on any atom is -0.451 e. The van der Waals surface area contributed by atoms with Gasteiger partial charge < -0.3 is 15.5 Å². The number of amides is 1. The van der Waals surface area contributed by atoms with Crippen LogP contribution in [0.25, 0.3) is 11.3 Å². The molecule has 3 aromatic rings. The van der Waals surface area contributed by atoms with Crippen molar-refractivity contribution < 1.29 is 9.21 Å². The van der Waals surface area contributed by atoms with Crippen LogP contribution < -0.4 is 11.1 Å². The van der Waals surface area contributed by atoms with Crippen molar-refractivity contribution in [3.63, 3.8) is 0 Å². The third kappa shape index (κ3) is 3.48. The molecule has 0 saturated heterocycles. The summed E-state index contributed by atoms with van der Waals surface area (Å²) in [7, 11) is 0. The zero-order valence-electron chi connectivity index (χ0n) is 11.8. The fraction of sp³-hybridized carbons (Fsp3) is 0. The molecule has 0 aliphatic heterocycles. The van der Waals surface area contributed by atoms with E-state index in [9.17, 15) is 4.79 Å². The Morgan fingerprint density at radius 2 is 1.78 bits per heavy atom. The molecule has 0 spiro atoms. The Bertz CT molecular complexity index is 875. The summed E-state index contributed by atoms with van der Waals surface area (Å²) >= 11 is 6.84. The average Bonchev–Trinajstić information content (AvgIpc) is 3.00. The van der Waals surface area contributed by atoms with Gasteiger partial charge in [-0.15, -0.1) is 0 Å². The quantitative estimate of drug-likeness (QED) is 0.548. The normalized spacial score (nSPS) is 10.5. The van der Waals surface area contributed by atoms with Crippen molar-refractivity contribution in [2.24, 2.45) is 0 Å². The van der Waals surface area contributed by atoms with Crippen molar-refractivity contribution in [1.82, 2.24) is 0 Å². The fourth-order valence-electron chi connectivity index (χ4n) is 2.08. The molecular weight excluding hydrogens is 424 g/mol. The van der Waals surface area contributed by atoms with Crippen molar-refractivity contribution in [2.75, 3.05) is 11.1 Å². The van der Waals surface area contributed by atoms with Crippen LogP contribution in [0, 0.1) is 0 Å². The summed E-state index contributed by atoms with van der Waals surface area (Å²) in [5.74, 6) is 0.534. The van der Waals surface area contributed by atoms with Crippen LogP contribution in [0.5, 0.6) is 0 Å². The Morgan fingerprint density at radius 1 is 1.00 bits per heavy atom. The highest BCUT2D eigenvalue weighted by atomic mass is 79.9. The lowest BCUT2D eigenvalue weighted by molar-refractivity contribution is 0.0997. The van der Waals surface area contributed by atoms with Crippen molar-refractivity contribution in [3.8, 4) is 11.3 Å². The van der Waals surface area contributed by atoms with Crippen molar-refractivity contribution in [3.05, 3.63) is 69.3 Å². The number of furan rings is 1. The van der Waals surface area contributed by atoms with Gasteiger partial charge in [0, 0.05) is 20.2 Å². The molecule has 1 amide bonds. The molecule has 3 rings (SSSR count). The fourth-order valence-corrected chi connectivity index (χ4v) is 3.06. The molecule has 0 saturated carbocycles. The molecule has 116 valence electrons. The molecule has 0 aliphatic rings. The van der Waals surface area contributed by atoms with Crippen LogP contribution >= 0.6 is 31.9 Å². The minimum absolute atomic E-state index is 0.236. The number of halogens is 2. The average molecular weight is 436 g/mol. The predicted molar refractivity (Wildman–Crippen MR) is 98.4 cm³/mol. The van der Waals surface area contributed by atoms with Gasteiger partial charge in [0.2, 0.25) is 0 Å². The van der Waals surface area contributed by atoms with Gasteiger partial charge in [-0.2, -0.15) is 0 Å². The Labute approximate surface area is 149 Å². The second-order valence-corrected chi connectivity index (χ2v) is 6.55. The zero-order valence-corrected chi connectivity index (χ0v) is 15.0. The van der Waals surface area contributed by atoms with E-state index >= 15 is 0 Å². The number of carbonyl (C=O) groups excluding carboxylic acids is 1. The van der Waals surface area contributed by atoms with Gasteiger partial charge in [-0.05, 0) is 52.3 Å². The summed E-state index contributed by atoms with van der Waals surface area (Å²) in [6.45, 7) is 0. The van der Waals surface area contributed by atoms with E-state index in [0.717, 1.165) is 10.0 Å². The lowest BCUT2D eigenvalue weighted by Gasteiger charge is -2.06. The molecule has 0 radical (unpaired) electrons. The Morgan fingerprint density at radius 3 is 2.52 bits per heavy atom. The van der Waals surface area contributed by atoms with E-state index in [0.29, 0.717) is 21.6 Å². The number of benzene rings is 2. The van der Waals surface area contributed by atoms with Gasteiger partial charge in [-0.1, -0.05) is 34.1 Å². The lowest BCUT2D eigenvalue weighted by atomic mass is 10.2. The molecule has 0 fully saturated rings. The van der Waals surface area contributed by atoms with Crippen molar-refractivity contribution in [1.29, 1.82) is 0 Å². The maximum Gasteiger partial charge on any atom is 0.291 e. The monoisotopic (exact) mass is 434 g/mol. The predicted octanol–water partition coefficient (Wildman–Crippen LogP) is 5.31. The van der Waals surface area contributed by atoms with Crippen LogP contribution in [0.15, 0.2) is 68.0 Å². The Balaban J connectivity index is 1.83. The van der Waals surface area contributed by atoms with E-state index in [1.165, 1.54) is 0 Å². The summed E-state index contributed by atoms with van der Waals surface area (Å²) in [6, 6.07) is 16.3. The first-order valence-electron chi connectivity index (χ1n) is 6.76. The van der Waals surface area contributed by atoms with E-state index in [2.05, 4.69) is 37.2 Å². The van der Waals surface area contributed by atoms with Gasteiger partial charge in [-0.25, -0.2) is 0 Å². The molecule has 0 bridgehead atoms. The number of nitrogens with one attached hydrogen (secondary N) is 1. The maximum atomic E-state index is 12.3. The second kappa shape index (κ2) is 6.60. The molecule has 1 heterocycles. The first kappa shape index (κ1) is 15.8. The first-order valence-corrected chi connectivity index (χ1v) is 8.34. The summed E-state index contributed by atoms with van der Waals surface area (Å²) < 4.78 is 7.28. The molecular formula is C17H12Br2N2O2. The highest BCUT2D eigenvalue weighted by molar-refractivity contribution is 9.11. The van der Waals surface area contributed by atoms with Crippen molar-refractivity contribution in [2.45, 2.75) is 0 Å². The largest absolute Gasteiger partial charge is 0.451 e. The number of hydrogen-bond donors (Lipinski definition) is 2. The van der Waals surface area contributed by atoms with Crippen LogP contribution in [-0.2, 0) is 0 Å². The van der Waals surface area contributed by atoms with Crippen LogP contribution in [0.4, 0.5) is 11.4 Å². The molecule has 0 atom stereocenters. The molecule has 23 heavy (non-hydrogen) atoms. The van der Waals surface area contributed by atoms with E-state index in [4.69, 9.17) is 10.2 Å². The van der Waals surface area contributed by atoms with Gasteiger partial charge in [0.05, 0.1) is 5.69 Å². The van der Waals surface area contributed by atoms with Gasteiger partial charge >= 0.3 is 0 Å². The first-order chi connectivity index (χ1) is 11.0. The van der Waals surface area contributed by atoms with E-state index in [1.807, 2.05) is 24.3 Å². The van der Waals surface area contributed by atoms with Crippen LogP contribution in [0.1, 0.15) is 10.6 Å². The highest BCUT2D eigenvalue weighted by Gasteiger charge is 2.14. The maximum absolute atomic E-state index is 12.3. The molecule has 3 N–H and O–H groups in total. The number of rotatable bonds is 3. The van der Waals surface area contributed by atoms with Gasteiger partial charge in [0.15, 0.2) is 5.76 Å². The molecule has 0 aliphatic carbocycles. The van der Waals surface area contributed by atoms with E-state index in [-0.39, 0.29) is 11.7 Å². The SMILES string of the molecule is Nc1ccc(NC(=O)c2ccc(-c3ccccc3Br)o2)c(Br)c1. The van der Waals surface area contributed by atoms with Crippen molar-refractivity contribution >= 4 is 49.1 Å². The highest BCUT2D eigenvalue weighted by Crippen LogP contribution is 2.30. The van der Waals surface area contributed by atoms with Crippen LogP contribution in [0.2, 0.25) is 0 Å². The summed E-state index contributed by atoms with van der Waals surface area (Å²) in [4.78, 5) is 12.3. The van der Waals surface area contributed by atoms with Crippen LogP contribution in [0.3, 0.4) is 0 Å². The number of hydrogen-bond acceptors (Lipinski definition) is 3. The van der Waals surface area contributed by atoms with Gasteiger partial charge in [0.25, 0.3) is 5.91 Å². The van der Waals surface area contributed by atoms with Gasteiger partial charge in [-0.3, -0.25) is 4.79 Å². The standard InChI is InChI=1S/C17H12Br2N2O2/c18-12-4-2-1-3-11(12)15-7-8-16(23-15)17(22)21-14-6-5-10(20)9-13(14)19/h1-9H,20H2,(H,21,22). The minimum atomic E-state index is -0.325. The summed E-state index contributed by atoms with van der Waals surface area (Å²) in [5, 5.41) is 2.79. The molecule has 0 unspecified atom stereocenters. The number of anilines is 2. The molecule has 2 aromatic carbocycles. The Hall–Kier alpha value is -2.05. The third-order valence-electron chi connectivity index (χ3n) is 3.21. The van der Waals surface area contributed by atoms with Crippen LogP contribution in [-0.4, -0.2) is 5.91 Å². The topological polar surface area (TPSA) is 68.3 Å². The molecule has 6 heteroatoms. The number of nitrogens with two attached hydrogens (primary N) is 1. The Kier molecular flexibility index (Phi) is 4.54. The number of carbonyl (C=O) groups is 1. The third-order valence-corrected chi connectivity index (χ3v) is 4.56. The number of nitrogen functional groups attached to an aromatic ring is 1.